The number of terminal acetylenes is 1. The van der Waals surface area contributed by atoms with Gasteiger partial charge < -0.3 is 5.32 Å². The molecular weight excluding hydrogens is 186 g/mol. The standard InChI is InChI=1S/C9H17NO2S/c1-4-9(5-2)10-7-8-13(11,12)6-3/h1,9-10H,5-8H2,2-3H3. The van der Waals surface area contributed by atoms with Gasteiger partial charge in [-0.05, 0) is 6.42 Å². The highest BCUT2D eigenvalue weighted by molar-refractivity contribution is 7.91. The van der Waals surface area contributed by atoms with E-state index >= 15 is 0 Å². The number of nitrogens with one attached hydrogen (secondary N) is 1. The molecule has 4 heteroatoms. The molecule has 1 unspecified atom stereocenters. The SMILES string of the molecule is C#CC(CC)NCCS(=O)(=O)CC. The molecule has 76 valence electrons. The van der Waals surface area contributed by atoms with E-state index in [-0.39, 0.29) is 17.5 Å². The summed E-state index contributed by atoms with van der Waals surface area (Å²) in [5.41, 5.74) is 0. The van der Waals surface area contributed by atoms with Crippen LogP contribution >= 0.6 is 0 Å². The Morgan fingerprint density at radius 3 is 2.46 bits per heavy atom. The second kappa shape index (κ2) is 6.01. The van der Waals surface area contributed by atoms with Crippen LogP contribution in [0.5, 0.6) is 0 Å². The van der Waals surface area contributed by atoms with Gasteiger partial charge in [0.05, 0.1) is 11.8 Å². The van der Waals surface area contributed by atoms with Gasteiger partial charge in [-0.2, -0.15) is 0 Å². The van der Waals surface area contributed by atoms with Gasteiger partial charge >= 0.3 is 0 Å². The van der Waals surface area contributed by atoms with Crippen molar-refractivity contribution < 1.29 is 8.42 Å². The van der Waals surface area contributed by atoms with E-state index in [1.54, 1.807) is 6.92 Å². The predicted octanol–water partition coefficient (Wildman–Crippen LogP) is 0.422. The van der Waals surface area contributed by atoms with Crippen molar-refractivity contribution in [1.82, 2.24) is 5.32 Å². The summed E-state index contributed by atoms with van der Waals surface area (Å²) in [4.78, 5) is 0. The lowest BCUT2D eigenvalue weighted by Crippen LogP contribution is -2.31. The van der Waals surface area contributed by atoms with Crippen LogP contribution in [-0.2, 0) is 9.84 Å². The monoisotopic (exact) mass is 203 g/mol. The van der Waals surface area contributed by atoms with E-state index in [9.17, 15) is 8.42 Å². The molecular formula is C9H17NO2S. The molecule has 13 heavy (non-hydrogen) atoms. The molecule has 0 fully saturated rings. The Balaban J connectivity index is 3.75. The Hall–Kier alpha value is -0.530. The molecule has 0 heterocycles. The minimum Gasteiger partial charge on any atom is -0.303 e. The molecule has 3 nitrogen and oxygen atoms in total. The molecule has 0 amide bonds. The van der Waals surface area contributed by atoms with Crippen molar-refractivity contribution in [3.8, 4) is 12.3 Å². The molecule has 0 radical (unpaired) electrons. The normalized spacial score (nSPS) is 13.6. The molecule has 0 aromatic carbocycles. The lowest BCUT2D eigenvalue weighted by Gasteiger charge is -2.09. The van der Waals surface area contributed by atoms with E-state index in [4.69, 9.17) is 6.42 Å². The second-order valence-electron chi connectivity index (χ2n) is 2.82. The Morgan fingerprint density at radius 2 is 2.08 bits per heavy atom. The third-order valence-corrected chi connectivity index (χ3v) is 3.56. The topological polar surface area (TPSA) is 46.2 Å². The maximum absolute atomic E-state index is 11.1. The highest BCUT2D eigenvalue weighted by Gasteiger charge is 2.07. The van der Waals surface area contributed by atoms with Crippen molar-refractivity contribution in [2.45, 2.75) is 26.3 Å². The fraction of sp³-hybridized carbons (Fsp3) is 0.778. The quantitative estimate of drug-likeness (QED) is 0.636. The van der Waals surface area contributed by atoms with Gasteiger partial charge in [-0.15, -0.1) is 6.42 Å². The molecule has 0 rings (SSSR count). The molecule has 1 N–H and O–H groups in total. The molecule has 0 aliphatic heterocycles. The third kappa shape index (κ3) is 5.67. The van der Waals surface area contributed by atoms with Gasteiger partial charge in [-0.1, -0.05) is 19.8 Å². The van der Waals surface area contributed by atoms with Crippen LogP contribution in [0, 0.1) is 12.3 Å². The minimum absolute atomic E-state index is 0.00736. The average molecular weight is 203 g/mol. The van der Waals surface area contributed by atoms with E-state index in [0.29, 0.717) is 6.54 Å². The highest BCUT2D eigenvalue weighted by Crippen LogP contribution is 1.90. The Morgan fingerprint density at radius 1 is 1.46 bits per heavy atom. The summed E-state index contributed by atoms with van der Waals surface area (Å²) in [5, 5.41) is 2.99. The fourth-order valence-electron chi connectivity index (χ4n) is 0.854. The lowest BCUT2D eigenvalue weighted by atomic mass is 10.2. The summed E-state index contributed by atoms with van der Waals surface area (Å²) in [5.74, 6) is 2.91. The maximum atomic E-state index is 11.1. The summed E-state index contributed by atoms with van der Waals surface area (Å²) >= 11 is 0. The molecule has 0 aromatic rings. The van der Waals surface area contributed by atoms with Gasteiger partial charge in [0, 0.05) is 12.3 Å². The summed E-state index contributed by atoms with van der Waals surface area (Å²) in [7, 11) is -2.86. The first kappa shape index (κ1) is 12.5. The number of sulfone groups is 1. The number of hydrogen-bond acceptors (Lipinski definition) is 3. The maximum Gasteiger partial charge on any atom is 0.151 e. The zero-order valence-corrected chi connectivity index (χ0v) is 9.02. The zero-order chi connectivity index (χ0) is 10.3. The highest BCUT2D eigenvalue weighted by atomic mass is 32.2. The van der Waals surface area contributed by atoms with E-state index in [2.05, 4.69) is 11.2 Å². The molecule has 0 spiro atoms. The molecule has 0 saturated heterocycles. The first-order valence-electron chi connectivity index (χ1n) is 4.45. The smallest absolute Gasteiger partial charge is 0.151 e. The first-order chi connectivity index (χ1) is 6.05. The predicted molar refractivity (Wildman–Crippen MR) is 55.2 cm³/mol. The fourth-order valence-corrected chi connectivity index (χ4v) is 1.57. The minimum atomic E-state index is -2.86. The van der Waals surface area contributed by atoms with Crippen molar-refractivity contribution >= 4 is 9.84 Å². The van der Waals surface area contributed by atoms with Crippen LogP contribution in [0.25, 0.3) is 0 Å². The third-order valence-electron chi connectivity index (χ3n) is 1.85. The summed E-state index contributed by atoms with van der Waals surface area (Å²) in [6, 6.07) is -0.00736. The van der Waals surface area contributed by atoms with Gasteiger partial charge in [-0.3, -0.25) is 0 Å². The van der Waals surface area contributed by atoms with E-state index in [1.807, 2.05) is 6.92 Å². The van der Waals surface area contributed by atoms with Gasteiger partial charge in [0.15, 0.2) is 9.84 Å². The Bertz CT molecular complexity index is 264. The summed E-state index contributed by atoms with van der Waals surface area (Å²) in [6.45, 7) is 4.05. The van der Waals surface area contributed by atoms with Crippen LogP contribution in [0.2, 0.25) is 0 Å². The van der Waals surface area contributed by atoms with E-state index in [1.165, 1.54) is 0 Å². The largest absolute Gasteiger partial charge is 0.303 e. The number of hydrogen-bond donors (Lipinski definition) is 1. The lowest BCUT2D eigenvalue weighted by molar-refractivity contribution is 0.580. The van der Waals surface area contributed by atoms with E-state index < -0.39 is 9.84 Å². The molecule has 0 aliphatic rings. The van der Waals surface area contributed by atoms with Gasteiger partial charge in [0.2, 0.25) is 0 Å². The number of rotatable bonds is 6. The van der Waals surface area contributed by atoms with E-state index in [0.717, 1.165) is 6.42 Å². The molecule has 1 atom stereocenters. The van der Waals surface area contributed by atoms with Crippen LogP contribution in [-0.4, -0.2) is 32.5 Å². The van der Waals surface area contributed by atoms with Crippen LogP contribution < -0.4 is 5.32 Å². The average Bonchev–Trinajstić information content (AvgIpc) is 2.12. The van der Waals surface area contributed by atoms with Crippen LogP contribution in [0.4, 0.5) is 0 Å². The Labute approximate surface area is 80.8 Å². The van der Waals surface area contributed by atoms with Crippen molar-refractivity contribution in [2.75, 3.05) is 18.1 Å². The Kier molecular flexibility index (Phi) is 5.76. The van der Waals surface area contributed by atoms with Crippen molar-refractivity contribution in [3.63, 3.8) is 0 Å². The molecule has 0 bridgehead atoms. The van der Waals surface area contributed by atoms with Crippen molar-refractivity contribution in [3.05, 3.63) is 0 Å². The second-order valence-corrected chi connectivity index (χ2v) is 5.29. The first-order valence-corrected chi connectivity index (χ1v) is 6.27. The molecule has 0 saturated carbocycles. The van der Waals surface area contributed by atoms with Gasteiger partial charge in [-0.25, -0.2) is 8.42 Å². The van der Waals surface area contributed by atoms with Crippen molar-refractivity contribution in [1.29, 1.82) is 0 Å². The molecule has 0 aromatic heterocycles. The van der Waals surface area contributed by atoms with Gasteiger partial charge in [0.1, 0.15) is 0 Å². The van der Waals surface area contributed by atoms with Gasteiger partial charge in [0.25, 0.3) is 0 Å². The summed E-state index contributed by atoms with van der Waals surface area (Å²) in [6.07, 6.45) is 6.03. The van der Waals surface area contributed by atoms with Crippen LogP contribution in [0.15, 0.2) is 0 Å². The molecule has 0 aliphatic carbocycles. The van der Waals surface area contributed by atoms with Crippen LogP contribution in [0.1, 0.15) is 20.3 Å². The zero-order valence-electron chi connectivity index (χ0n) is 8.21. The van der Waals surface area contributed by atoms with Crippen molar-refractivity contribution in [2.24, 2.45) is 0 Å². The van der Waals surface area contributed by atoms with Crippen LogP contribution in [0.3, 0.4) is 0 Å². The summed E-state index contributed by atoms with van der Waals surface area (Å²) < 4.78 is 22.1.